The first kappa shape index (κ1) is 13.6. The molecule has 0 heterocycles. The van der Waals surface area contributed by atoms with Gasteiger partial charge in [-0.3, -0.25) is 4.79 Å². The highest BCUT2D eigenvalue weighted by atomic mass is 127. The molecule has 3 N–H and O–H groups in total. The van der Waals surface area contributed by atoms with Crippen molar-refractivity contribution in [3.05, 3.63) is 27.3 Å². The number of amides is 1. The fourth-order valence-electron chi connectivity index (χ4n) is 2.19. The number of carbonyl (C=O) groups is 1. The van der Waals surface area contributed by atoms with Crippen LogP contribution in [0.25, 0.3) is 0 Å². The maximum atomic E-state index is 12.0. The van der Waals surface area contributed by atoms with E-state index in [-0.39, 0.29) is 17.7 Å². The lowest BCUT2D eigenvalue weighted by Crippen LogP contribution is -2.45. The molecule has 0 aromatic heterocycles. The number of rotatable bonds is 2. The second-order valence-electron chi connectivity index (χ2n) is 4.60. The van der Waals surface area contributed by atoms with Gasteiger partial charge in [0.05, 0.1) is 15.7 Å². The summed E-state index contributed by atoms with van der Waals surface area (Å²) in [6.45, 7) is 0. The molecule has 4 nitrogen and oxygen atoms in total. The van der Waals surface area contributed by atoms with Crippen molar-refractivity contribution < 1.29 is 15.0 Å². The molecule has 0 bridgehead atoms. The standard InChI is InChI=1S/C13H16INO3/c14-9-6-5-8(7-12(9)17)13(18)15-10-3-1-2-4-11(10)16/h5-7,10-11,16-17H,1-4H2,(H,15,18)/t10-,11-/m0/s1. The van der Waals surface area contributed by atoms with Crippen LogP contribution in [0.4, 0.5) is 0 Å². The van der Waals surface area contributed by atoms with Gasteiger partial charge in [0.2, 0.25) is 0 Å². The Kier molecular flexibility index (Phi) is 4.45. The zero-order valence-electron chi connectivity index (χ0n) is 9.90. The van der Waals surface area contributed by atoms with E-state index >= 15 is 0 Å². The summed E-state index contributed by atoms with van der Waals surface area (Å²) in [5.74, 6) is -0.139. The fraction of sp³-hybridized carbons (Fsp3) is 0.462. The van der Waals surface area contributed by atoms with Gasteiger partial charge in [0.15, 0.2) is 0 Å². The summed E-state index contributed by atoms with van der Waals surface area (Å²) in [5, 5.41) is 22.2. The summed E-state index contributed by atoms with van der Waals surface area (Å²) >= 11 is 2.00. The molecule has 2 atom stereocenters. The molecular formula is C13H16INO3. The highest BCUT2D eigenvalue weighted by Gasteiger charge is 2.24. The molecule has 98 valence electrons. The number of carbonyl (C=O) groups excluding carboxylic acids is 1. The SMILES string of the molecule is O=C(N[C@H]1CCCC[C@@H]1O)c1ccc(I)c(O)c1. The molecule has 1 aromatic carbocycles. The summed E-state index contributed by atoms with van der Waals surface area (Å²) in [6, 6.07) is 4.65. The van der Waals surface area contributed by atoms with Crippen molar-refractivity contribution in [1.29, 1.82) is 0 Å². The molecule has 1 saturated carbocycles. The summed E-state index contributed by atoms with van der Waals surface area (Å²) in [5.41, 5.74) is 0.422. The van der Waals surface area contributed by atoms with Crippen molar-refractivity contribution >= 4 is 28.5 Å². The van der Waals surface area contributed by atoms with Crippen LogP contribution in [-0.4, -0.2) is 28.3 Å². The Bertz CT molecular complexity index is 450. The molecule has 1 amide bonds. The van der Waals surface area contributed by atoms with Crippen LogP contribution in [0.2, 0.25) is 0 Å². The van der Waals surface area contributed by atoms with E-state index in [1.165, 1.54) is 6.07 Å². The molecule has 1 fully saturated rings. The van der Waals surface area contributed by atoms with Crippen molar-refractivity contribution in [3.63, 3.8) is 0 Å². The van der Waals surface area contributed by atoms with Gasteiger partial charge in [-0.1, -0.05) is 12.8 Å². The van der Waals surface area contributed by atoms with Gasteiger partial charge in [-0.25, -0.2) is 0 Å². The number of hydrogen-bond acceptors (Lipinski definition) is 3. The average molecular weight is 361 g/mol. The fourth-order valence-corrected chi connectivity index (χ4v) is 2.52. The second kappa shape index (κ2) is 5.88. The molecule has 5 heteroatoms. The topological polar surface area (TPSA) is 69.6 Å². The first-order chi connectivity index (χ1) is 8.58. The monoisotopic (exact) mass is 361 g/mol. The van der Waals surface area contributed by atoms with Gasteiger partial charge in [0.25, 0.3) is 5.91 Å². The van der Waals surface area contributed by atoms with Crippen LogP contribution in [0, 0.1) is 3.57 Å². The molecular weight excluding hydrogens is 345 g/mol. The molecule has 1 aliphatic rings. The Morgan fingerprint density at radius 2 is 2.06 bits per heavy atom. The smallest absolute Gasteiger partial charge is 0.251 e. The predicted molar refractivity (Wildman–Crippen MR) is 76.6 cm³/mol. The van der Waals surface area contributed by atoms with Crippen LogP contribution in [0.3, 0.4) is 0 Å². The third-order valence-corrected chi connectivity index (χ3v) is 4.17. The van der Waals surface area contributed by atoms with Gasteiger partial charge in [-0.2, -0.15) is 0 Å². The zero-order chi connectivity index (χ0) is 13.1. The highest BCUT2D eigenvalue weighted by Crippen LogP contribution is 2.22. The quantitative estimate of drug-likeness (QED) is 0.706. The highest BCUT2D eigenvalue weighted by molar-refractivity contribution is 14.1. The molecule has 1 aromatic rings. The minimum absolute atomic E-state index is 0.104. The summed E-state index contributed by atoms with van der Waals surface area (Å²) in [4.78, 5) is 12.0. The second-order valence-corrected chi connectivity index (χ2v) is 5.76. The van der Waals surface area contributed by atoms with Gasteiger partial charge in [0.1, 0.15) is 5.75 Å². The van der Waals surface area contributed by atoms with Crippen molar-refractivity contribution in [2.45, 2.75) is 37.8 Å². The van der Waals surface area contributed by atoms with E-state index in [2.05, 4.69) is 5.32 Å². The molecule has 0 unspecified atom stereocenters. The lowest BCUT2D eigenvalue weighted by molar-refractivity contribution is 0.0717. The van der Waals surface area contributed by atoms with E-state index in [0.29, 0.717) is 9.13 Å². The number of benzene rings is 1. The Hall–Kier alpha value is -0.820. The third kappa shape index (κ3) is 3.14. The van der Waals surface area contributed by atoms with Gasteiger partial charge >= 0.3 is 0 Å². The van der Waals surface area contributed by atoms with E-state index < -0.39 is 6.10 Å². The maximum absolute atomic E-state index is 12.0. The van der Waals surface area contributed by atoms with Crippen molar-refractivity contribution in [1.82, 2.24) is 5.32 Å². The molecule has 2 rings (SSSR count). The van der Waals surface area contributed by atoms with Gasteiger partial charge in [-0.15, -0.1) is 0 Å². The number of aromatic hydroxyl groups is 1. The average Bonchev–Trinajstić information content (AvgIpc) is 2.35. The van der Waals surface area contributed by atoms with E-state index in [1.807, 2.05) is 22.6 Å². The van der Waals surface area contributed by atoms with Crippen LogP contribution in [0.5, 0.6) is 5.75 Å². The summed E-state index contributed by atoms with van der Waals surface area (Å²) < 4.78 is 0.710. The van der Waals surface area contributed by atoms with E-state index in [1.54, 1.807) is 12.1 Å². The predicted octanol–water partition coefficient (Wildman–Crippen LogP) is 2.03. The van der Waals surface area contributed by atoms with Crippen LogP contribution in [-0.2, 0) is 0 Å². The minimum atomic E-state index is -0.458. The van der Waals surface area contributed by atoms with E-state index in [4.69, 9.17) is 0 Å². The molecule has 0 radical (unpaired) electrons. The number of halogens is 1. The number of nitrogens with one attached hydrogen (secondary N) is 1. The Morgan fingerprint density at radius 1 is 1.33 bits per heavy atom. The lowest BCUT2D eigenvalue weighted by Gasteiger charge is -2.28. The van der Waals surface area contributed by atoms with Crippen molar-refractivity contribution in [3.8, 4) is 5.75 Å². The normalized spacial score (nSPS) is 23.7. The van der Waals surface area contributed by atoms with Gasteiger partial charge in [-0.05, 0) is 53.6 Å². The van der Waals surface area contributed by atoms with Crippen LogP contribution in [0.15, 0.2) is 18.2 Å². The Morgan fingerprint density at radius 3 is 2.72 bits per heavy atom. The number of aliphatic hydroxyl groups excluding tert-OH is 1. The molecule has 0 spiro atoms. The summed E-state index contributed by atoms with van der Waals surface area (Å²) in [6.07, 6.45) is 3.13. The molecule has 0 aliphatic heterocycles. The number of phenols is 1. The zero-order valence-corrected chi connectivity index (χ0v) is 12.1. The molecule has 1 aliphatic carbocycles. The van der Waals surface area contributed by atoms with Gasteiger partial charge in [0, 0.05) is 5.56 Å². The third-order valence-electron chi connectivity index (χ3n) is 3.25. The number of hydrogen-bond donors (Lipinski definition) is 3. The van der Waals surface area contributed by atoms with Crippen LogP contribution >= 0.6 is 22.6 Å². The van der Waals surface area contributed by atoms with Crippen LogP contribution < -0.4 is 5.32 Å². The number of aliphatic hydroxyl groups is 1. The van der Waals surface area contributed by atoms with E-state index in [0.717, 1.165) is 25.7 Å². The molecule has 0 saturated heterocycles. The lowest BCUT2D eigenvalue weighted by atomic mass is 9.92. The van der Waals surface area contributed by atoms with Crippen LogP contribution in [0.1, 0.15) is 36.0 Å². The van der Waals surface area contributed by atoms with Crippen molar-refractivity contribution in [2.75, 3.05) is 0 Å². The first-order valence-corrected chi connectivity index (χ1v) is 7.13. The Labute approximate surface area is 120 Å². The van der Waals surface area contributed by atoms with Crippen molar-refractivity contribution in [2.24, 2.45) is 0 Å². The van der Waals surface area contributed by atoms with Gasteiger partial charge < -0.3 is 15.5 Å². The number of phenolic OH excluding ortho intramolecular Hbond substituents is 1. The van der Waals surface area contributed by atoms with E-state index in [9.17, 15) is 15.0 Å². The minimum Gasteiger partial charge on any atom is -0.507 e. The Balaban J connectivity index is 2.04. The molecule has 18 heavy (non-hydrogen) atoms. The largest absolute Gasteiger partial charge is 0.507 e. The maximum Gasteiger partial charge on any atom is 0.251 e. The first-order valence-electron chi connectivity index (χ1n) is 6.05. The summed E-state index contributed by atoms with van der Waals surface area (Å²) in [7, 11) is 0.